The Morgan fingerprint density at radius 1 is 1.50 bits per heavy atom. The summed E-state index contributed by atoms with van der Waals surface area (Å²) in [5.41, 5.74) is 2.20. The van der Waals surface area contributed by atoms with E-state index in [1.807, 2.05) is 12.1 Å². The molecule has 3 rings (SSSR count). The Morgan fingerprint density at radius 2 is 2.40 bits per heavy atom. The van der Waals surface area contributed by atoms with Crippen LogP contribution in [0.1, 0.15) is 26.2 Å². The minimum absolute atomic E-state index is 0.695. The van der Waals surface area contributed by atoms with E-state index in [0.29, 0.717) is 5.25 Å². The van der Waals surface area contributed by atoms with E-state index in [4.69, 9.17) is 17.0 Å². The molecule has 0 spiro atoms. The molecule has 2 heterocycles. The number of nitrogens with one attached hydrogen (secondary N) is 1. The molecule has 1 saturated heterocycles. The lowest BCUT2D eigenvalue weighted by Gasteiger charge is -2.11. The summed E-state index contributed by atoms with van der Waals surface area (Å²) in [5.74, 6) is 2.19. The van der Waals surface area contributed by atoms with Gasteiger partial charge in [0.05, 0.1) is 12.1 Å². The predicted octanol–water partition coefficient (Wildman–Crippen LogP) is 4.38. The highest BCUT2D eigenvalue weighted by molar-refractivity contribution is 8.00. The van der Waals surface area contributed by atoms with Crippen molar-refractivity contribution in [2.24, 2.45) is 0 Å². The van der Waals surface area contributed by atoms with Crippen molar-refractivity contribution in [2.45, 2.75) is 38.0 Å². The largest absolute Gasteiger partial charge is 0.491 e. The molecule has 0 bridgehead atoms. The molecule has 1 aliphatic heterocycles. The van der Waals surface area contributed by atoms with Crippen LogP contribution in [0.2, 0.25) is 0 Å². The third-order valence-corrected chi connectivity index (χ3v) is 5.35. The van der Waals surface area contributed by atoms with Crippen LogP contribution in [0.5, 0.6) is 5.75 Å². The topological polar surface area (TPSA) is 29.9 Å². The quantitative estimate of drug-likeness (QED) is 0.831. The number of thioether (sulfide) groups is 1. The van der Waals surface area contributed by atoms with Crippen LogP contribution in [0.25, 0.3) is 11.0 Å². The van der Waals surface area contributed by atoms with Gasteiger partial charge in [-0.15, -0.1) is 0 Å². The number of nitrogens with zero attached hydrogens (tertiary/aromatic N) is 1. The third-order valence-electron chi connectivity index (χ3n) is 3.64. The Kier molecular flexibility index (Phi) is 4.36. The SMILES string of the molecule is CCCOc1cccc2c1[nH]c(=S)n2CC1CCCS1. The molecule has 0 aliphatic carbocycles. The first-order valence-corrected chi connectivity index (χ1v) is 8.71. The Labute approximate surface area is 128 Å². The monoisotopic (exact) mass is 308 g/mol. The molecule has 1 unspecified atom stereocenters. The summed E-state index contributed by atoms with van der Waals surface area (Å²) in [4.78, 5) is 3.32. The molecule has 108 valence electrons. The van der Waals surface area contributed by atoms with Crippen LogP contribution in [0.15, 0.2) is 18.2 Å². The molecular weight excluding hydrogens is 288 g/mol. The van der Waals surface area contributed by atoms with Crippen molar-refractivity contribution >= 4 is 35.0 Å². The lowest BCUT2D eigenvalue weighted by atomic mass is 10.2. The molecule has 1 N–H and O–H groups in total. The summed E-state index contributed by atoms with van der Waals surface area (Å²) in [6, 6.07) is 6.19. The highest BCUT2D eigenvalue weighted by Crippen LogP contribution is 2.30. The molecular formula is C15H20N2OS2. The molecule has 1 aliphatic rings. The van der Waals surface area contributed by atoms with Gasteiger partial charge in [0.2, 0.25) is 0 Å². The van der Waals surface area contributed by atoms with Crippen molar-refractivity contribution in [3.05, 3.63) is 23.0 Å². The van der Waals surface area contributed by atoms with Gasteiger partial charge in [-0.25, -0.2) is 0 Å². The second-order valence-electron chi connectivity index (χ2n) is 5.17. The van der Waals surface area contributed by atoms with E-state index in [9.17, 15) is 0 Å². The summed E-state index contributed by atoms with van der Waals surface area (Å²) in [5, 5.41) is 0.695. The van der Waals surface area contributed by atoms with Crippen molar-refractivity contribution in [3.8, 4) is 5.75 Å². The molecule has 1 aromatic heterocycles. The van der Waals surface area contributed by atoms with Gasteiger partial charge < -0.3 is 14.3 Å². The number of imidazole rings is 1. The van der Waals surface area contributed by atoms with Gasteiger partial charge in [0, 0.05) is 11.8 Å². The molecule has 3 nitrogen and oxygen atoms in total. The maximum Gasteiger partial charge on any atom is 0.178 e. The van der Waals surface area contributed by atoms with Gasteiger partial charge in [-0.3, -0.25) is 0 Å². The van der Waals surface area contributed by atoms with Crippen molar-refractivity contribution in [3.63, 3.8) is 0 Å². The van der Waals surface area contributed by atoms with E-state index in [0.717, 1.165) is 41.1 Å². The summed E-state index contributed by atoms with van der Waals surface area (Å²) in [6.07, 6.45) is 3.64. The normalized spacial score (nSPS) is 18.8. The number of aromatic amines is 1. The van der Waals surface area contributed by atoms with Crippen LogP contribution in [0, 0.1) is 4.77 Å². The second kappa shape index (κ2) is 6.22. The van der Waals surface area contributed by atoms with E-state index >= 15 is 0 Å². The van der Waals surface area contributed by atoms with Gasteiger partial charge in [-0.2, -0.15) is 11.8 Å². The fourth-order valence-electron chi connectivity index (χ4n) is 2.66. The summed E-state index contributed by atoms with van der Waals surface area (Å²) in [7, 11) is 0. The molecule has 1 aromatic carbocycles. The first kappa shape index (κ1) is 14.0. The maximum atomic E-state index is 5.81. The van der Waals surface area contributed by atoms with Crippen LogP contribution in [-0.2, 0) is 6.54 Å². The number of fused-ring (bicyclic) bond motifs is 1. The zero-order chi connectivity index (χ0) is 13.9. The lowest BCUT2D eigenvalue weighted by molar-refractivity contribution is 0.320. The van der Waals surface area contributed by atoms with E-state index in [1.54, 1.807) is 0 Å². The second-order valence-corrected chi connectivity index (χ2v) is 6.97. The minimum atomic E-state index is 0.695. The number of benzene rings is 1. The number of ether oxygens (including phenoxy) is 1. The Morgan fingerprint density at radius 3 is 3.15 bits per heavy atom. The number of hydrogen-bond acceptors (Lipinski definition) is 3. The van der Waals surface area contributed by atoms with E-state index < -0.39 is 0 Å². The fraction of sp³-hybridized carbons (Fsp3) is 0.533. The number of aromatic nitrogens is 2. The van der Waals surface area contributed by atoms with Crippen LogP contribution < -0.4 is 4.74 Å². The number of para-hydroxylation sites is 1. The van der Waals surface area contributed by atoms with Crippen LogP contribution in [0.3, 0.4) is 0 Å². The van der Waals surface area contributed by atoms with Gasteiger partial charge in [-0.05, 0) is 49.4 Å². The summed E-state index contributed by atoms with van der Waals surface area (Å²) >= 11 is 7.57. The minimum Gasteiger partial charge on any atom is -0.491 e. The van der Waals surface area contributed by atoms with Crippen molar-refractivity contribution in [2.75, 3.05) is 12.4 Å². The maximum absolute atomic E-state index is 5.81. The smallest absolute Gasteiger partial charge is 0.178 e. The first-order chi connectivity index (χ1) is 9.79. The van der Waals surface area contributed by atoms with Crippen molar-refractivity contribution in [1.82, 2.24) is 9.55 Å². The van der Waals surface area contributed by atoms with Crippen LogP contribution in [0.4, 0.5) is 0 Å². The lowest BCUT2D eigenvalue weighted by Crippen LogP contribution is -2.09. The fourth-order valence-corrected chi connectivity index (χ4v) is 4.19. The van der Waals surface area contributed by atoms with Gasteiger partial charge in [0.25, 0.3) is 0 Å². The average Bonchev–Trinajstić information content (AvgIpc) is 3.06. The summed E-state index contributed by atoms with van der Waals surface area (Å²) < 4.78 is 8.84. The molecule has 1 atom stereocenters. The third kappa shape index (κ3) is 2.74. The molecule has 20 heavy (non-hydrogen) atoms. The van der Waals surface area contributed by atoms with Gasteiger partial charge >= 0.3 is 0 Å². The average molecular weight is 308 g/mol. The van der Waals surface area contributed by atoms with E-state index in [2.05, 4.69) is 34.3 Å². The zero-order valence-electron chi connectivity index (χ0n) is 11.7. The molecule has 0 radical (unpaired) electrons. The molecule has 5 heteroatoms. The first-order valence-electron chi connectivity index (χ1n) is 7.25. The van der Waals surface area contributed by atoms with Crippen LogP contribution >= 0.6 is 24.0 Å². The number of H-pyrrole nitrogens is 1. The van der Waals surface area contributed by atoms with Gasteiger partial charge in [0.1, 0.15) is 11.3 Å². The van der Waals surface area contributed by atoms with Gasteiger partial charge in [0.15, 0.2) is 4.77 Å². The Bertz CT molecular complexity index is 641. The Hall–Kier alpha value is -0.940. The molecule has 2 aromatic rings. The predicted molar refractivity (Wildman–Crippen MR) is 88.4 cm³/mol. The number of rotatable bonds is 5. The molecule has 0 saturated carbocycles. The van der Waals surface area contributed by atoms with Crippen molar-refractivity contribution in [1.29, 1.82) is 0 Å². The van der Waals surface area contributed by atoms with E-state index in [1.165, 1.54) is 18.6 Å². The van der Waals surface area contributed by atoms with E-state index in [-0.39, 0.29) is 0 Å². The highest BCUT2D eigenvalue weighted by Gasteiger charge is 2.18. The Balaban J connectivity index is 1.95. The van der Waals surface area contributed by atoms with Crippen molar-refractivity contribution < 1.29 is 4.74 Å². The number of hydrogen-bond donors (Lipinski definition) is 1. The summed E-state index contributed by atoms with van der Waals surface area (Å²) in [6.45, 7) is 3.86. The highest BCUT2D eigenvalue weighted by atomic mass is 32.2. The van der Waals surface area contributed by atoms with Crippen LogP contribution in [-0.4, -0.2) is 27.2 Å². The molecule has 0 amide bonds. The molecule has 1 fully saturated rings. The zero-order valence-corrected chi connectivity index (χ0v) is 13.4. The standard InChI is InChI=1S/C15H20N2OS2/c1-2-8-18-13-7-3-6-12-14(13)16-15(19)17(12)10-11-5-4-9-20-11/h3,6-7,11H,2,4-5,8-10H2,1H3,(H,16,19). The van der Waals surface area contributed by atoms with Gasteiger partial charge in [-0.1, -0.05) is 13.0 Å².